The maximum atomic E-state index is 12.6. The topological polar surface area (TPSA) is 148 Å². The van der Waals surface area contributed by atoms with Crippen molar-refractivity contribution in [1.29, 1.82) is 0 Å². The first-order chi connectivity index (χ1) is 15.4. The Labute approximate surface area is 184 Å². The second kappa shape index (κ2) is 10.4. The van der Waals surface area contributed by atoms with E-state index in [0.717, 1.165) is 16.7 Å². The number of hydrogen-bond donors (Lipinski definition) is 5. The number of benzene rings is 2. The molecule has 9 nitrogen and oxygen atoms in total. The van der Waals surface area contributed by atoms with Crippen molar-refractivity contribution in [2.45, 2.75) is 31.9 Å². The van der Waals surface area contributed by atoms with Crippen molar-refractivity contribution in [3.63, 3.8) is 0 Å². The summed E-state index contributed by atoms with van der Waals surface area (Å²) in [5.41, 5.74) is 3.64. The molecule has 3 rings (SSSR count). The Morgan fingerprint density at radius 3 is 2.38 bits per heavy atom. The normalized spacial score (nSPS) is 13.4. The van der Waals surface area contributed by atoms with Crippen molar-refractivity contribution in [2.24, 2.45) is 5.16 Å². The molecule has 0 saturated heterocycles. The molecule has 1 heterocycles. The molecule has 32 heavy (non-hydrogen) atoms. The van der Waals surface area contributed by atoms with Gasteiger partial charge in [-0.15, -0.1) is 0 Å². The van der Waals surface area contributed by atoms with Crippen LogP contribution in [0.5, 0.6) is 0 Å². The number of aromatic nitrogens is 2. The fourth-order valence-corrected chi connectivity index (χ4v) is 3.25. The highest BCUT2D eigenvalue weighted by atomic mass is 16.4. The highest BCUT2D eigenvalue weighted by Crippen LogP contribution is 2.20. The molecule has 0 spiro atoms. The molecule has 9 heteroatoms. The fourth-order valence-electron chi connectivity index (χ4n) is 3.25. The summed E-state index contributed by atoms with van der Waals surface area (Å²) in [4.78, 5) is 23.8. The number of nitrogens with one attached hydrogen (secondary N) is 2. The van der Waals surface area contributed by atoms with Gasteiger partial charge in [0.05, 0.1) is 0 Å². The average molecular weight is 436 g/mol. The number of rotatable bonds is 9. The molecule has 0 radical (unpaired) electrons. The summed E-state index contributed by atoms with van der Waals surface area (Å²) in [6.07, 6.45) is -1.46. The largest absolute Gasteiger partial charge is 0.479 e. The minimum Gasteiger partial charge on any atom is -0.479 e. The quantitative estimate of drug-likeness (QED) is 0.198. The molecule has 0 saturated carbocycles. The van der Waals surface area contributed by atoms with Crippen LogP contribution in [0.1, 0.15) is 35.1 Å². The molecule has 2 aromatic carbocycles. The van der Waals surface area contributed by atoms with Gasteiger partial charge in [0, 0.05) is 12.5 Å². The number of hydrogen-bond acceptors (Lipinski definition) is 6. The first kappa shape index (κ1) is 22.7. The lowest BCUT2D eigenvalue weighted by molar-refractivity contribution is -0.147. The van der Waals surface area contributed by atoms with Crippen molar-refractivity contribution in [3.8, 4) is 11.1 Å². The van der Waals surface area contributed by atoms with Crippen LogP contribution in [-0.2, 0) is 11.2 Å². The van der Waals surface area contributed by atoms with Crippen molar-refractivity contribution < 1.29 is 25.0 Å². The number of nitrogens with zero attached hydrogens (tertiary/aromatic N) is 2. The number of H-pyrrole nitrogens is 1. The van der Waals surface area contributed by atoms with E-state index in [2.05, 4.69) is 20.7 Å². The van der Waals surface area contributed by atoms with Gasteiger partial charge in [-0.3, -0.25) is 9.89 Å². The molecule has 0 bridgehead atoms. The van der Waals surface area contributed by atoms with Crippen LogP contribution in [0.4, 0.5) is 0 Å². The zero-order valence-electron chi connectivity index (χ0n) is 17.4. The lowest BCUT2D eigenvalue weighted by Gasteiger charge is -2.20. The number of carboxylic acid groups (broad SMARTS) is 1. The third-order valence-corrected chi connectivity index (χ3v) is 5.01. The van der Waals surface area contributed by atoms with Gasteiger partial charge >= 0.3 is 5.97 Å². The Hall–Kier alpha value is -3.98. The zero-order chi connectivity index (χ0) is 23.1. The summed E-state index contributed by atoms with van der Waals surface area (Å²) in [6.45, 7) is 1.53. The number of aliphatic hydroxyl groups is 1. The van der Waals surface area contributed by atoms with Crippen LogP contribution in [-0.4, -0.2) is 55.4 Å². The summed E-state index contributed by atoms with van der Waals surface area (Å²) in [7, 11) is 0. The van der Waals surface area contributed by atoms with E-state index in [9.17, 15) is 14.7 Å². The molecule has 1 aromatic heterocycles. The first-order valence-electron chi connectivity index (χ1n) is 9.98. The van der Waals surface area contributed by atoms with Crippen LogP contribution in [0.15, 0.2) is 65.8 Å². The van der Waals surface area contributed by atoms with E-state index in [-0.39, 0.29) is 17.8 Å². The lowest BCUT2D eigenvalue weighted by Crippen LogP contribution is -2.40. The minimum absolute atomic E-state index is 0.122. The molecular weight excluding hydrogens is 412 g/mol. The summed E-state index contributed by atoms with van der Waals surface area (Å²) in [6, 6.07) is 18.4. The van der Waals surface area contributed by atoms with E-state index in [1.165, 1.54) is 13.0 Å². The predicted octanol–water partition coefficient (Wildman–Crippen LogP) is 2.45. The van der Waals surface area contributed by atoms with Gasteiger partial charge in [0.1, 0.15) is 17.1 Å². The molecule has 0 unspecified atom stereocenters. The fraction of sp³-hybridized carbons (Fsp3) is 0.217. The maximum Gasteiger partial charge on any atom is 0.332 e. The Bertz CT molecular complexity index is 1090. The molecule has 0 fully saturated rings. The van der Waals surface area contributed by atoms with E-state index >= 15 is 0 Å². The molecule has 166 valence electrons. The maximum absolute atomic E-state index is 12.6. The average Bonchev–Trinajstić information content (AvgIpc) is 3.30. The Morgan fingerprint density at radius 2 is 1.75 bits per heavy atom. The highest BCUT2D eigenvalue weighted by molar-refractivity contribution is 6.00. The second-order valence-corrected chi connectivity index (χ2v) is 7.38. The number of amides is 1. The number of carboxylic acids is 1. The smallest absolute Gasteiger partial charge is 0.332 e. The SMILES string of the molecule is C/C(=N\O)c1cc(C(=O)N[C@H](Cc2ccc(-c3ccccc3)cc2)C[C@@H](O)C(=O)O)[nH]n1. The highest BCUT2D eigenvalue weighted by Gasteiger charge is 2.23. The molecular formula is C23H24N4O5. The zero-order valence-corrected chi connectivity index (χ0v) is 17.4. The molecule has 5 N–H and O–H groups in total. The van der Waals surface area contributed by atoms with Gasteiger partial charge in [0.15, 0.2) is 6.10 Å². The Kier molecular flexibility index (Phi) is 7.35. The second-order valence-electron chi connectivity index (χ2n) is 7.38. The third-order valence-electron chi connectivity index (χ3n) is 5.01. The van der Waals surface area contributed by atoms with Crippen LogP contribution >= 0.6 is 0 Å². The Morgan fingerprint density at radius 1 is 1.09 bits per heavy atom. The van der Waals surface area contributed by atoms with Crippen molar-refractivity contribution in [1.82, 2.24) is 15.5 Å². The summed E-state index contributed by atoms with van der Waals surface area (Å²) < 4.78 is 0. The minimum atomic E-state index is -1.62. The van der Waals surface area contributed by atoms with Gasteiger partial charge in [-0.25, -0.2) is 4.79 Å². The first-order valence-corrected chi connectivity index (χ1v) is 9.98. The van der Waals surface area contributed by atoms with Crippen molar-refractivity contribution in [2.75, 3.05) is 0 Å². The Balaban J connectivity index is 1.74. The van der Waals surface area contributed by atoms with Gasteiger partial charge in [0.2, 0.25) is 0 Å². The van der Waals surface area contributed by atoms with E-state index < -0.39 is 24.0 Å². The molecule has 0 aliphatic carbocycles. The van der Waals surface area contributed by atoms with E-state index in [0.29, 0.717) is 12.1 Å². The van der Waals surface area contributed by atoms with Gasteiger partial charge in [0.25, 0.3) is 5.91 Å². The van der Waals surface area contributed by atoms with Crippen LogP contribution in [0.3, 0.4) is 0 Å². The van der Waals surface area contributed by atoms with Crippen LogP contribution in [0.25, 0.3) is 11.1 Å². The van der Waals surface area contributed by atoms with Gasteiger partial charge in [-0.2, -0.15) is 5.10 Å². The molecule has 0 aliphatic rings. The molecule has 0 aliphatic heterocycles. The van der Waals surface area contributed by atoms with Crippen molar-refractivity contribution >= 4 is 17.6 Å². The number of carbonyl (C=O) groups excluding carboxylic acids is 1. The van der Waals surface area contributed by atoms with Crippen LogP contribution < -0.4 is 5.32 Å². The van der Waals surface area contributed by atoms with Crippen LogP contribution in [0.2, 0.25) is 0 Å². The van der Waals surface area contributed by atoms with E-state index in [4.69, 9.17) is 10.3 Å². The molecule has 1 amide bonds. The van der Waals surface area contributed by atoms with Gasteiger partial charge in [-0.1, -0.05) is 59.8 Å². The number of oxime groups is 1. The number of aliphatic hydroxyl groups excluding tert-OH is 1. The third kappa shape index (κ3) is 5.79. The molecule has 3 aromatic rings. The molecule has 2 atom stereocenters. The summed E-state index contributed by atoms with van der Waals surface area (Å²) in [5.74, 6) is -1.87. The van der Waals surface area contributed by atoms with E-state index in [1.807, 2.05) is 54.6 Å². The lowest BCUT2D eigenvalue weighted by atomic mass is 9.97. The van der Waals surface area contributed by atoms with Gasteiger partial charge < -0.3 is 20.7 Å². The standard InChI is InChI=1S/C23H24N4O5/c1-14(27-32)19-13-20(26-25-19)22(29)24-18(12-21(28)23(30)31)11-15-7-9-17(10-8-15)16-5-3-2-4-6-16/h2-10,13,18,21,28,32H,11-12H2,1H3,(H,24,29)(H,25,26)(H,30,31)/b27-14+/t18-,21-/m1/s1. The summed E-state index contributed by atoms with van der Waals surface area (Å²) >= 11 is 0. The van der Waals surface area contributed by atoms with E-state index in [1.54, 1.807) is 0 Å². The summed E-state index contributed by atoms with van der Waals surface area (Å²) in [5, 5.41) is 40.0. The van der Waals surface area contributed by atoms with Crippen molar-refractivity contribution in [3.05, 3.63) is 77.6 Å². The number of carbonyl (C=O) groups is 2. The number of aliphatic carboxylic acids is 1. The van der Waals surface area contributed by atoms with Gasteiger partial charge in [-0.05, 0) is 36.1 Å². The predicted molar refractivity (Wildman–Crippen MR) is 118 cm³/mol. The monoisotopic (exact) mass is 436 g/mol. The number of aromatic amines is 1. The van der Waals surface area contributed by atoms with Crippen LogP contribution in [0, 0.1) is 0 Å².